The van der Waals surface area contributed by atoms with Gasteiger partial charge in [-0.2, -0.15) is 0 Å². The van der Waals surface area contributed by atoms with Gasteiger partial charge >= 0.3 is 0 Å². The zero-order valence-corrected chi connectivity index (χ0v) is 14.2. The number of nitrogens with zero attached hydrogens (tertiary/aromatic N) is 3. The van der Waals surface area contributed by atoms with Crippen molar-refractivity contribution in [3.63, 3.8) is 0 Å². The number of benzene rings is 3. The van der Waals surface area contributed by atoms with Crippen LogP contribution in [0.4, 0.5) is 17.1 Å². The number of nitro benzene ring substituents is 1. The molecule has 0 spiro atoms. The minimum absolute atomic E-state index is 0.0166. The first-order valence-corrected chi connectivity index (χ1v) is 8.11. The van der Waals surface area contributed by atoms with E-state index in [2.05, 4.69) is 10.2 Å². The average Bonchev–Trinajstić information content (AvgIpc) is 2.69. The summed E-state index contributed by atoms with van der Waals surface area (Å²) in [6.07, 6.45) is -0.0405. The largest absolute Gasteiger partial charge is 0.507 e. The number of azo groups is 1. The van der Waals surface area contributed by atoms with E-state index in [4.69, 9.17) is 5.73 Å². The Kier molecular flexibility index (Phi) is 5.18. The van der Waals surface area contributed by atoms with E-state index in [0.29, 0.717) is 22.0 Å². The topological polar surface area (TPSA) is 131 Å². The first-order valence-electron chi connectivity index (χ1n) is 8.11. The van der Waals surface area contributed by atoms with Crippen LogP contribution < -0.4 is 5.73 Å². The second-order valence-electron chi connectivity index (χ2n) is 5.81. The van der Waals surface area contributed by atoms with E-state index < -0.39 is 4.92 Å². The van der Waals surface area contributed by atoms with Crippen molar-refractivity contribution in [1.82, 2.24) is 0 Å². The van der Waals surface area contributed by atoms with Crippen LogP contribution in [0.3, 0.4) is 0 Å². The number of rotatable bonds is 6. The molecule has 3 N–H and O–H groups in total. The van der Waals surface area contributed by atoms with Crippen LogP contribution in [0.15, 0.2) is 64.8 Å². The van der Waals surface area contributed by atoms with Crippen LogP contribution in [0.25, 0.3) is 10.8 Å². The lowest BCUT2D eigenvalue weighted by atomic mass is 10.00. The van der Waals surface area contributed by atoms with Gasteiger partial charge in [0.1, 0.15) is 5.75 Å². The van der Waals surface area contributed by atoms with E-state index in [0.717, 1.165) is 0 Å². The Bertz CT molecular complexity index is 1060. The second-order valence-corrected chi connectivity index (χ2v) is 5.81. The summed E-state index contributed by atoms with van der Waals surface area (Å²) >= 11 is 0. The maximum absolute atomic E-state index is 11.7. The Hall–Kier alpha value is -3.65. The van der Waals surface area contributed by atoms with E-state index in [-0.39, 0.29) is 35.9 Å². The molecule has 0 atom stereocenters. The molecule has 0 saturated carbocycles. The highest BCUT2D eigenvalue weighted by atomic mass is 16.6. The Labute approximate surface area is 154 Å². The molecule has 3 rings (SSSR count). The molecule has 0 heterocycles. The maximum atomic E-state index is 11.7. The molecular formula is C19H16N4O4. The number of Topliss-reactive ketones (excluding diaryl/α,β-unsaturated/α-hetero) is 1. The van der Waals surface area contributed by atoms with Gasteiger partial charge in [-0.05, 0) is 12.1 Å². The van der Waals surface area contributed by atoms with Crippen molar-refractivity contribution in [2.45, 2.75) is 6.42 Å². The Morgan fingerprint density at radius 2 is 1.67 bits per heavy atom. The Morgan fingerprint density at radius 1 is 1.04 bits per heavy atom. The third-order valence-corrected chi connectivity index (χ3v) is 4.03. The van der Waals surface area contributed by atoms with Crippen molar-refractivity contribution in [1.29, 1.82) is 0 Å². The van der Waals surface area contributed by atoms with Gasteiger partial charge in [0.2, 0.25) is 0 Å². The molecule has 3 aromatic carbocycles. The third kappa shape index (κ3) is 3.80. The summed E-state index contributed by atoms with van der Waals surface area (Å²) < 4.78 is 0. The average molecular weight is 364 g/mol. The molecule has 0 aliphatic heterocycles. The molecule has 8 heteroatoms. The minimum Gasteiger partial charge on any atom is -0.507 e. The van der Waals surface area contributed by atoms with E-state index in [1.807, 2.05) is 0 Å². The van der Waals surface area contributed by atoms with Crippen LogP contribution in [0.1, 0.15) is 5.56 Å². The van der Waals surface area contributed by atoms with Crippen LogP contribution in [0, 0.1) is 10.1 Å². The number of ketones is 1. The Balaban J connectivity index is 2.12. The number of hydrogen-bond donors (Lipinski definition) is 2. The highest BCUT2D eigenvalue weighted by molar-refractivity contribution is 5.99. The molecule has 0 bridgehead atoms. The van der Waals surface area contributed by atoms with E-state index in [9.17, 15) is 20.0 Å². The molecule has 0 aliphatic rings. The summed E-state index contributed by atoms with van der Waals surface area (Å²) in [6.45, 7) is -0.140. The van der Waals surface area contributed by atoms with Gasteiger partial charge in [0, 0.05) is 28.8 Å². The van der Waals surface area contributed by atoms with Crippen molar-refractivity contribution in [3.05, 3.63) is 70.3 Å². The first kappa shape index (κ1) is 18.2. The van der Waals surface area contributed by atoms with Gasteiger partial charge in [-0.1, -0.05) is 36.4 Å². The lowest BCUT2D eigenvalue weighted by Gasteiger charge is -2.09. The molecule has 3 aromatic rings. The summed E-state index contributed by atoms with van der Waals surface area (Å²) in [6, 6.07) is 14.5. The number of phenols is 1. The maximum Gasteiger partial charge on any atom is 0.296 e. The summed E-state index contributed by atoms with van der Waals surface area (Å²) in [5, 5.41) is 30.9. The molecule has 0 aliphatic carbocycles. The molecule has 0 unspecified atom stereocenters. The van der Waals surface area contributed by atoms with E-state index in [1.54, 1.807) is 42.5 Å². The fourth-order valence-corrected chi connectivity index (χ4v) is 2.71. The normalized spacial score (nSPS) is 11.1. The predicted molar refractivity (Wildman–Crippen MR) is 101 cm³/mol. The predicted octanol–water partition coefficient (Wildman–Crippen LogP) is 3.94. The highest BCUT2D eigenvalue weighted by Crippen LogP contribution is 2.37. The molecule has 0 radical (unpaired) electrons. The number of hydrogen-bond acceptors (Lipinski definition) is 7. The lowest BCUT2D eigenvalue weighted by Crippen LogP contribution is -2.15. The molecule has 0 fully saturated rings. The molecule has 27 heavy (non-hydrogen) atoms. The van der Waals surface area contributed by atoms with Crippen LogP contribution in [0.5, 0.6) is 5.75 Å². The quantitative estimate of drug-likeness (QED) is 0.388. The monoisotopic (exact) mass is 364 g/mol. The van der Waals surface area contributed by atoms with Crippen molar-refractivity contribution < 1.29 is 14.8 Å². The number of fused-ring (bicyclic) bond motifs is 1. The van der Waals surface area contributed by atoms with E-state index >= 15 is 0 Å². The van der Waals surface area contributed by atoms with Gasteiger partial charge in [0.15, 0.2) is 11.5 Å². The van der Waals surface area contributed by atoms with Gasteiger partial charge in [-0.3, -0.25) is 14.9 Å². The molecule has 0 aromatic heterocycles. The summed E-state index contributed by atoms with van der Waals surface area (Å²) in [7, 11) is 0. The molecule has 0 saturated heterocycles. The van der Waals surface area contributed by atoms with E-state index in [1.165, 1.54) is 12.1 Å². The number of phenolic OH excluding ortho intramolecular Hbond substituents is 1. The van der Waals surface area contributed by atoms with Crippen molar-refractivity contribution in [2.75, 3.05) is 6.54 Å². The summed E-state index contributed by atoms with van der Waals surface area (Å²) in [5.41, 5.74) is 6.08. The molecular weight excluding hydrogens is 348 g/mol. The highest BCUT2D eigenvalue weighted by Gasteiger charge is 2.15. The van der Waals surface area contributed by atoms with Gasteiger partial charge in [0.05, 0.1) is 17.2 Å². The van der Waals surface area contributed by atoms with Gasteiger partial charge in [0.25, 0.3) is 5.69 Å². The SMILES string of the molecule is NCC(=O)Cc1cc(/N=N/c2ccccc2[N+](=O)[O-])c2ccccc2c1O. The number of nitro groups is 1. The Morgan fingerprint density at radius 3 is 2.37 bits per heavy atom. The van der Waals surface area contributed by atoms with Crippen LogP contribution in [0.2, 0.25) is 0 Å². The number of aromatic hydroxyl groups is 1. The number of para-hydroxylation sites is 1. The number of carbonyl (C=O) groups is 1. The second kappa shape index (κ2) is 7.71. The first-order chi connectivity index (χ1) is 13.0. The van der Waals surface area contributed by atoms with Crippen LogP contribution in [-0.2, 0) is 11.2 Å². The molecule has 136 valence electrons. The van der Waals surface area contributed by atoms with Crippen molar-refractivity contribution in [2.24, 2.45) is 16.0 Å². The standard InChI is InChI=1S/C19H16N4O4/c20-11-13(24)9-12-10-17(14-5-1-2-6-15(14)19(12)25)22-21-16-7-3-4-8-18(16)23(26)27/h1-8,10,25H,9,11,20H2/b22-21+. The van der Waals surface area contributed by atoms with Crippen LogP contribution >= 0.6 is 0 Å². The lowest BCUT2D eigenvalue weighted by molar-refractivity contribution is -0.384. The summed E-state index contributed by atoms with van der Waals surface area (Å²) in [5.74, 6) is -0.251. The zero-order valence-electron chi connectivity index (χ0n) is 14.2. The van der Waals surface area contributed by atoms with Gasteiger partial charge in [-0.15, -0.1) is 10.2 Å². The van der Waals surface area contributed by atoms with Gasteiger partial charge in [-0.25, -0.2) is 0 Å². The zero-order chi connectivity index (χ0) is 19.4. The fraction of sp³-hybridized carbons (Fsp3) is 0.105. The number of nitrogens with two attached hydrogens (primary N) is 1. The minimum atomic E-state index is -0.533. The summed E-state index contributed by atoms with van der Waals surface area (Å²) in [4.78, 5) is 22.3. The third-order valence-electron chi connectivity index (χ3n) is 4.03. The fourth-order valence-electron chi connectivity index (χ4n) is 2.71. The smallest absolute Gasteiger partial charge is 0.296 e. The molecule has 8 nitrogen and oxygen atoms in total. The van der Waals surface area contributed by atoms with Crippen molar-refractivity contribution in [3.8, 4) is 5.75 Å². The van der Waals surface area contributed by atoms with Gasteiger partial charge < -0.3 is 10.8 Å². The van der Waals surface area contributed by atoms with Crippen LogP contribution in [-0.4, -0.2) is 22.4 Å². The number of carbonyl (C=O) groups excluding carboxylic acids is 1. The van der Waals surface area contributed by atoms with Crippen molar-refractivity contribution >= 4 is 33.6 Å². The molecule has 0 amide bonds.